The van der Waals surface area contributed by atoms with E-state index in [9.17, 15) is 0 Å². The Balaban J connectivity index is 2.10. The van der Waals surface area contributed by atoms with Crippen LogP contribution in [0, 0.1) is 13.8 Å². The maximum absolute atomic E-state index is 6.04. The first-order chi connectivity index (χ1) is 7.16. The van der Waals surface area contributed by atoms with Gasteiger partial charge in [0, 0.05) is 17.8 Å². The summed E-state index contributed by atoms with van der Waals surface area (Å²) in [5.74, 6) is 0. The molecule has 0 heterocycles. The van der Waals surface area contributed by atoms with Crippen LogP contribution in [-0.4, -0.2) is 12.1 Å². The molecule has 0 aliphatic heterocycles. The van der Waals surface area contributed by atoms with Crippen LogP contribution in [0.1, 0.15) is 30.4 Å². The number of hydrogen-bond donors (Lipinski definition) is 2. The van der Waals surface area contributed by atoms with E-state index in [1.54, 1.807) is 0 Å². The number of nitrogens with two attached hydrogens (primary N) is 1. The third-order valence-corrected chi connectivity index (χ3v) is 3.29. The van der Waals surface area contributed by atoms with Crippen LogP contribution in [0.5, 0.6) is 0 Å². The van der Waals surface area contributed by atoms with Crippen molar-refractivity contribution in [1.82, 2.24) is 0 Å². The molecule has 2 heteroatoms. The minimum atomic E-state index is 0.325. The second kappa shape index (κ2) is 4.23. The van der Waals surface area contributed by atoms with Gasteiger partial charge in [-0.1, -0.05) is 17.7 Å². The first-order valence-corrected chi connectivity index (χ1v) is 5.76. The van der Waals surface area contributed by atoms with E-state index in [1.807, 2.05) is 0 Å². The lowest BCUT2D eigenvalue weighted by Crippen LogP contribution is -2.35. The number of rotatable bonds is 2. The summed E-state index contributed by atoms with van der Waals surface area (Å²) in [6.07, 6.45) is 3.61. The van der Waals surface area contributed by atoms with Gasteiger partial charge in [0.25, 0.3) is 0 Å². The lowest BCUT2D eigenvalue weighted by Gasteiger charge is -2.20. The zero-order valence-corrected chi connectivity index (χ0v) is 9.59. The summed E-state index contributed by atoms with van der Waals surface area (Å²) >= 11 is 0. The third kappa shape index (κ3) is 2.32. The Hall–Kier alpha value is -1.02. The highest BCUT2D eigenvalue weighted by Gasteiger charge is 2.23. The summed E-state index contributed by atoms with van der Waals surface area (Å²) in [6, 6.07) is 7.31. The Labute approximate surface area is 91.9 Å². The van der Waals surface area contributed by atoms with Crippen molar-refractivity contribution in [2.24, 2.45) is 5.73 Å². The average Bonchev–Trinajstić information content (AvgIpc) is 2.57. The molecule has 1 aliphatic rings. The molecule has 2 rings (SSSR count). The van der Waals surface area contributed by atoms with Gasteiger partial charge in [0.2, 0.25) is 0 Å². The second-order valence-corrected chi connectivity index (χ2v) is 4.66. The third-order valence-electron chi connectivity index (χ3n) is 3.29. The Morgan fingerprint density at radius 3 is 2.67 bits per heavy atom. The van der Waals surface area contributed by atoms with Crippen LogP contribution in [0.2, 0.25) is 0 Å². The Morgan fingerprint density at radius 1 is 1.27 bits per heavy atom. The standard InChI is InChI=1S/C13H20N2/c1-9-6-7-12(10(2)8-9)15-13-5-3-4-11(13)14/h6-8,11,13,15H,3-5,14H2,1-2H3/t11-,13+/m0/s1. The molecule has 3 N–H and O–H groups in total. The highest BCUT2D eigenvalue weighted by Crippen LogP contribution is 2.24. The van der Waals surface area contributed by atoms with Crippen molar-refractivity contribution in [3.05, 3.63) is 29.3 Å². The van der Waals surface area contributed by atoms with Gasteiger partial charge in [-0.2, -0.15) is 0 Å². The molecule has 15 heavy (non-hydrogen) atoms. The number of aryl methyl sites for hydroxylation is 2. The largest absolute Gasteiger partial charge is 0.381 e. The van der Waals surface area contributed by atoms with E-state index in [0.29, 0.717) is 12.1 Å². The van der Waals surface area contributed by atoms with Gasteiger partial charge in [0.05, 0.1) is 0 Å². The normalized spacial score (nSPS) is 25.5. The van der Waals surface area contributed by atoms with E-state index in [1.165, 1.54) is 29.7 Å². The van der Waals surface area contributed by atoms with Gasteiger partial charge in [0.1, 0.15) is 0 Å². The molecular formula is C13H20N2. The maximum Gasteiger partial charge on any atom is 0.0412 e. The molecule has 0 unspecified atom stereocenters. The van der Waals surface area contributed by atoms with Gasteiger partial charge in [-0.05, 0) is 44.7 Å². The predicted octanol–water partition coefficient (Wildman–Crippen LogP) is 2.60. The van der Waals surface area contributed by atoms with Crippen molar-refractivity contribution in [2.45, 2.75) is 45.2 Å². The van der Waals surface area contributed by atoms with Gasteiger partial charge >= 0.3 is 0 Å². The van der Waals surface area contributed by atoms with Crippen LogP contribution in [-0.2, 0) is 0 Å². The average molecular weight is 204 g/mol. The van der Waals surface area contributed by atoms with E-state index < -0.39 is 0 Å². The van der Waals surface area contributed by atoms with Crippen LogP contribution < -0.4 is 11.1 Å². The van der Waals surface area contributed by atoms with Gasteiger partial charge in [0.15, 0.2) is 0 Å². The van der Waals surface area contributed by atoms with Crippen molar-refractivity contribution in [3.8, 4) is 0 Å². The van der Waals surface area contributed by atoms with E-state index in [4.69, 9.17) is 5.73 Å². The molecule has 1 saturated carbocycles. The van der Waals surface area contributed by atoms with Gasteiger partial charge in [-0.15, -0.1) is 0 Å². The molecule has 1 aliphatic carbocycles. The van der Waals surface area contributed by atoms with E-state index in [2.05, 4.69) is 37.4 Å². The lowest BCUT2D eigenvalue weighted by molar-refractivity contribution is 0.637. The van der Waals surface area contributed by atoms with E-state index in [-0.39, 0.29) is 0 Å². The molecule has 1 fully saturated rings. The summed E-state index contributed by atoms with van der Waals surface area (Å²) in [5, 5.41) is 3.56. The summed E-state index contributed by atoms with van der Waals surface area (Å²) in [6.45, 7) is 4.27. The predicted molar refractivity (Wildman–Crippen MR) is 65.2 cm³/mol. The highest BCUT2D eigenvalue weighted by atomic mass is 15.0. The maximum atomic E-state index is 6.04. The quantitative estimate of drug-likeness (QED) is 0.777. The molecule has 0 amide bonds. The molecule has 0 spiro atoms. The molecule has 0 radical (unpaired) electrons. The fourth-order valence-electron chi connectivity index (χ4n) is 2.34. The van der Waals surface area contributed by atoms with Crippen molar-refractivity contribution in [3.63, 3.8) is 0 Å². The fourth-order valence-corrected chi connectivity index (χ4v) is 2.34. The molecular weight excluding hydrogens is 184 g/mol. The topological polar surface area (TPSA) is 38.0 Å². The summed E-state index contributed by atoms with van der Waals surface area (Å²) in [7, 11) is 0. The molecule has 1 aromatic rings. The number of nitrogens with one attached hydrogen (secondary N) is 1. The van der Waals surface area contributed by atoms with E-state index in [0.717, 1.165) is 6.42 Å². The molecule has 0 saturated heterocycles. The smallest absolute Gasteiger partial charge is 0.0412 e. The van der Waals surface area contributed by atoms with Crippen LogP contribution in [0.4, 0.5) is 5.69 Å². The molecule has 2 nitrogen and oxygen atoms in total. The summed E-state index contributed by atoms with van der Waals surface area (Å²) in [5.41, 5.74) is 9.91. The van der Waals surface area contributed by atoms with Crippen molar-refractivity contribution >= 4 is 5.69 Å². The van der Waals surface area contributed by atoms with Crippen LogP contribution in [0.25, 0.3) is 0 Å². The van der Waals surface area contributed by atoms with Crippen LogP contribution >= 0.6 is 0 Å². The van der Waals surface area contributed by atoms with Gasteiger partial charge < -0.3 is 11.1 Å². The van der Waals surface area contributed by atoms with Crippen molar-refractivity contribution in [2.75, 3.05) is 5.32 Å². The SMILES string of the molecule is Cc1ccc(N[C@@H]2CCC[C@@H]2N)c(C)c1. The summed E-state index contributed by atoms with van der Waals surface area (Å²) < 4.78 is 0. The molecule has 2 atom stereocenters. The highest BCUT2D eigenvalue weighted by molar-refractivity contribution is 5.52. The summed E-state index contributed by atoms with van der Waals surface area (Å²) in [4.78, 5) is 0. The fraction of sp³-hybridized carbons (Fsp3) is 0.538. The molecule has 0 bridgehead atoms. The Morgan fingerprint density at radius 2 is 2.07 bits per heavy atom. The van der Waals surface area contributed by atoms with Crippen LogP contribution in [0.3, 0.4) is 0 Å². The first kappa shape index (κ1) is 10.5. The van der Waals surface area contributed by atoms with Crippen LogP contribution in [0.15, 0.2) is 18.2 Å². The lowest BCUT2D eigenvalue weighted by atomic mass is 10.1. The molecule has 0 aromatic heterocycles. The van der Waals surface area contributed by atoms with Gasteiger partial charge in [-0.3, -0.25) is 0 Å². The van der Waals surface area contributed by atoms with Gasteiger partial charge in [-0.25, -0.2) is 0 Å². The number of anilines is 1. The molecule has 82 valence electrons. The Kier molecular flexibility index (Phi) is 2.96. The Bertz CT molecular complexity index is 346. The van der Waals surface area contributed by atoms with Crippen molar-refractivity contribution < 1.29 is 0 Å². The monoisotopic (exact) mass is 204 g/mol. The first-order valence-electron chi connectivity index (χ1n) is 5.76. The number of hydrogen-bond acceptors (Lipinski definition) is 2. The minimum absolute atomic E-state index is 0.325. The second-order valence-electron chi connectivity index (χ2n) is 4.66. The molecule has 1 aromatic carbocycles. The zero-order chi connectivity index (χ0) is 10.8. The minimum Gasteiger partial charge on any atom is -0.381 e. The van der Waals surface area contributed by atoms with E-state index >= 15 is 0 Å². The zero-order valence-electron chi connectivity index (χ0n) is 9.59. The van der Waals surface area contributed by atoms with Crippen molar-refractivity contribution in [1.29, 1.82) is 0 Å². The number of benzene rings is 1.